The van der Waals surface area contributed by atoms with Gasteiger partial charge in [-0.1, -0.05) is 6.92 Å². The van der Waals surface area contributed by atoms with Crippen molar-refractivity contribution in [2.45, 2.75) is 44.7 Å². The third-order valence-corrected chi connectivity index (χ3v) is 4.99. The Morgan fingerprint density at radius 1 is 1.25 bits per heavy atom. The molecule has 2 aliphatic heterocycles. The number of carbonyl (C=O) groups excluding carboxylic acids is 1. The maximum absolute atomic E-state index is 12.8. The van der Waals surface area contributed by atoms with E-state index in [1.807, 2.05) is 29.9 Å². The Bertz CT molecular complexity index is 482. The zero-order valence-electron chi connectivity index (χ0n) is 12.6. The fourth-order valence-corrected chi connectivity index (χ4v) is 3.96. The number of rotatable bonds is 3. The average molecular weight is 275 g/mol. The second-order valence-corrected chi connectivity index (χ2v) is 6.05. The number of carbonyl (C=O) groups is 1. The summed E-state index contributed by atoms with van der Waals surface area (Å²) in [6.45, 7) is 5.45. The first-order valence-corrected chi connectivity index (χ1v) is 7.88. The molecule has 0 spiro atoms. The molecule has 0 aliphatic carbocycles. The van der Waals surface area contributed by atoms with E-state index < -0.39 is 0 Å². The number of aryl methyl sites for hydroxylation is 1. The van der Waals surface area contributed by atoms with Gasteiger partial charge in [-0.3, -0.25) is 9.69 Å². The van der Waals surface area contributed by atoms with Crippen LogP contribution < -0.4 is 0 Å². The Hall–Kier alpha value is -1.29. The van der Waals surface area contributed by atoms with Crippen molar-refractivity contribution in [3.8, 4) is 0 Å². The number of likely N-dealkylation sites (tertiary alicyclic amines) is 2. The lowest BCUT2D eigenvalue weighted by atomic mass is 10.0. The summed E-state index contributed by atoms with van der Waals surface area (Å²) < 4.78 is 1.93. The van der Waals surface area contributed by atoms with Crippen molar-refractivity contribution in [3.05, 3.63) is 24.0 Å². The molecule has 2 aliphatic rings. The summed E-state index contributed by atoms with van der Waals surface area (Å²) in [7, 11) is 1.95. The maximum Gasteiger partial charge on any atom is 0.270 e. The SMILES string of the molecule is CCN1CCC[C@H]1[C@H]1CCCN1C(=O)c1cccn1C. The third-order valence-electron chi connectivity index (χ3n) is 4.99. The smallest absolute Gasteiger partial charge is 0.270 e. The lowest BCUT2D eigenvalue weighted by Crippen LogP contribution is -2.48. The van der Waals surface area contributed by atoms with E-state index in [-0.39, 0.29) is 5.91 Å². The van der Waals surface area contributed by atoms with Crippen LogP contribution in [0.15, 0.2) is 18.3 Å². The summed E-state index contributed by atoms with van der Waals surface area (Å²) in [5.41, 5.74) is 0.818. The van der Waals surface area contributed by atoms with E-state index in [2.05, 4.69) is 16.7 Å². The second kappa shape index (κ2) is 5.60. The van der Waals surface area contributed by atoms with Crippen LogP contribution >= 0.6 is 0 Å². The highest BCUT2D eigenvalue weighted by molar-refractivity contribution is 5.93. The molecule has 2 atom stereocenters. The molecule has 0 N–H and O–H groups in total. The van der Waals surface area contributed by atoms with Crippen LogP contribution in [0.2, 0.25) is 0 Å². The molecule has 4 nitrogen and oxygen atoms in total. The van der Waals surface area contributed by atoms with Crippen molar-refractivity contribution in [1.82, 2.24) is 14.4 Å². The van der Waals surface area contributed by atoms with E-state index in [4.69, 9.17) is 0 Å². The highest BCUT2D eigenvalue weighted by Crippen LogP contribution is 2.30. The van der Waals surface area contributed by atoms with Crippen LogP contribution in [0.4, 0.5) is 0 Å². The summed E-state index contributed by atoms with van der Waals surface area (Å²) in [6, 6.07) is 4.88. The lowest BCUT2D eigenvalue weighted by molar-refractivity contribution is 0.0640. The van der Waals surface area contributed by atoms with E-state index >= 15 is 0 Å². The van der Waals surface area contributed by atoms with Crippen LogP contribution in [0.5, 0.6) is 0 Å². The van der Waals surface area contributed by atoms with Crippen LogP contribution in [-0.4, -0.2) is 52.0 Å². The summed E-state index contributed by atoms with van der Waals surface area (Å²) in [5, 5.41) is 0. The number of amides is 1. The number of hydrogen-bond acceptors (Lipinski definition) is 2. The van der Waals surface area contributed by atoms with Crippen molar-refractivity contribution in [2.24, 2.45) is 7.05 Å². The predicted molar refractivity (Wildman–Crippen MR) is 79.7 cm³/mol. The first-order valence-electron chi connectivity index (χ1n) is 7.88. The van der Waals surface area contributed by atoms with Crippen LogP contribution in [0.3, 0.4) is 0 Å². The molecule has 1 aromatic heterocycles. The quantitative estimate of drug-likeness (QED) is 0.845. The van der Waals surface area contributed by atoms with Gasteiger partial charge in [0.05, 0.1) is 0 Å². The van der Waals surface area contributed by atoms with Gasteiger partial charge in [-0.2, -0.15) is 0 Å². The molecule has 0 bridgehead atoms. The Balaban J connectivity index is 1.79. The largest absolute Gasteiger partial charge is 0.347 e. The Morgan fingerprint density at radius 2 is 2.00 bits per heavy atom. The number of hydrogen-bond donors (Lipinski definition) is 0. The first-order chi connectivity index (χ1) is 9.72. The van der Waals surface area contributed by atoms with Gasteiger partial charge >= 0.3 is 0 Å². The molecular weight excluding hydrogens is 250 g/mol. The summed E-state index contributed by atoms with van der Waals surface area (Å²) in [4.78, 5) is 17.5. The van der Waals surface area contributed by atoms with Gasteiger partial charge in [0, 0.05) is 31.9 Å². The van der Waals surface area contributed by atoms with Gasteiger partial charge < -0.3 is 9.47 Å². The normalized spacial score (nSPS) is 27.4. The van der Waals surface area contributed by atoms with Crippen molar-refractivity contribution < 1.29 is 4.79 Å². The van der Waals surface area contributed by atoms with Gasteiger partial charge in [0.1, 0.15) is 5.69 Å². The molecule has 20 heavy (non-hydrogen) atoms. The Kier molecular flexibility index (Phi) is 3.83. The van der Waals surface area contributed by atoms with Crippen LogP contribution in [0.25, 0.3) is 0 Å². The minimum Gasteiger partial charge on any atom is -0.347 e. The average Bonchev–Trinajstić information content (AvgIpc) is 3.17. The van der Waals surface area contributed by atoms with Gasteiger partial charge in [0.25, 0.3) is 5.91 Å². The molecule has 0 aromatic carbocycles. The molecule has 1 amide bonds. The molecule has 0 radical (unpaired) electrons. The summed E-state index contributed by atoms with van der Waals surface area (Å²) >= 11 is 0. The zero-order valence-corrected chi connectivity index (χ0v) is 12.6. The molecular formula is C16H25N3O. The molecule has 2 saturated heterocycles. The van der Waals surface area contributed by atoms with E-state index in [1.54, 1.807) is 0 Å². The van der Waals surface area contributed by atoms with Gasteiger partial charge in [-0.05, 0) is 50.9 Å². The fraction of sp³-hybridized carbons (Fsp3) is 0.688. The van der Waals surface area contributed by atoms with Gasteiger partial charge in [-0.25, -0.2) is 0 Å². The molecule has 3 heterocycles. The number of aromatic nitrogens is 1. The maximum atomic E-state index is 12.8. The molecule has 0 saturated carbocycles. The van der Waals surface area contributed by atoms with E-state index in [9.17, 15) is 4.79 Å². The van der Waals surface area contributed by atoms with Gasteiger partial charge in [0.15, 0.2) is 0 Å². The molecule has 4 heteroatoms. The Labute approximate surface area is 121 Å². The summed E-state index contributed by atoms with van der Waals surface area (Å²) in [6.07, 6.45) is 6.79. The minimum atomic E-state index is 0.211. The third kappa shape index (κ3) is 2.26. The number of likely N-dealkylation sites (N-methyl/N-ethyl adjacent to an activating group) is 1. The highest BCUT2D eigenvalue weighted by atomic mass is 16.2. The first kappa shape index (κ1) is 13.7. The highest BCUT2D eigenvalue weighted by Gasteiger charge is 2.39. The van der Waals surface area contributed by atoms with Crippen molar-refractivity contribution in [3.63, 3.8) is 0 Å². The lowest BCUT2D eigenvalue weighted by Gasteiger charge is -2.34. The van der Waals surface area contributed by atoms with Crippen LogP contribution in [0, 0.1) is 0 Å². The van der Waals surface area contributed by atoms with E-state index in [0.717, 1.165) is 31.6 Å². The molecule has 0 unspecified atom stereocenters. The standard InChI is InChI=1S/C16H25N3O/c1-3-18-11-5-7-13(18)14-8-6-12-19(14)16(20)15-9-4-10-17(15)2/h4,9-10,13-14H,3,5-8,11-12H2,1-2H3/t13-,14+/m0/s1. The zero-order chi connectivity index (χ0) is 14.1. The molecule has 1 aromatic rings. The Morgan fingerprint density at radius 3 is 2.70 bits per heavy atom. The van der Waals surface area contributed by atoms with Crippen LogP contribution in [0.1, 0.15) is 43.1 Å². The number of nitrogens with zero attached hydrogens (tertiary/aromatic N) is 3. The van der Waals surface area contributed by atoms with Crippen LogP contribution in [-0.2, 0) is 7.05 Å². The van der Waals surface area contributed by atoms with E-state index in [0.29, 0.717) is 12.1 Å². The minimum absolute atomic E-state index is 0.211. The van der Waals surface area contributed by atoms with Gasteiger partial charge in [-0.15, -0.1) is 0 Å². The van der Waals surface area contributed by atoms with Gasteiger partial charge in [0.2, 0.25) is 0 Å². The fourth-order valence-electron chi connectivity index (χ4n) is 3.96. The topological polar surface area (TPSA) is 28.5 Å². The monoisotopic (exact) mass is 275 g/mol. The second-order valence-electron chi connectivity index (χ2n) is 6.05. The predicted octanol–water partition coefficient (Wildman–Crippen LogP) is 2.11. The molecule has 110 valence electrons. The van der Waals surface area contributed by atoms with E-state index in [1.165, 1.54) is 19.4 Å². The summed E-state index contributed by atoms with van der Waals surface area (Å²) in [5.74, 6) is 0.211. The molecule has 2 fully saturated rings. The van der Waals surface area contributed by atoms with Crippen molar-refractivity contribution >= 4 is 5.91 Å². The van der Waals surface area contributed by atoms with Crippen molar-refractivity contribution in [2.75, 3.05) is 19.6 Å². The van der Waals surface area contributed by atoms with Crippen molar-refractivity contribution in [1.29, 1.82) is 0 Å². The molecule has 3 rings (SSSR count).